The van der Waals surface area contributed by atoms with Crippen molar-refractivity contribution in [1.29, 1.82) is 10.8 Å². The average molecular weight is 2030 g/mol. The first-order valence-electron chi connectivity index (χ1n) is 47.1. The van der Waals surface area contributed by atoms with Crippen LogP contribution in [-0.4, -0.2) is 321 Å². The first-order valence-corrected chi connectivity index (χ1v) is 49.6. The fourth-order valence-electron chi connectivity index (χ4n) is 15.5. The molecule has 786 valence electrons. The zero-order chi connectivity index (χ0) is 106. The van der Waals surface area contributed by atoms with E-state index in [0.29, 0.717) is 56.8 Å². The Labute approximate surface area is 826 Å². The van der Waals surface area contributed by atoms with E-state index in [2.05, 4.69) is 47.9 Å². The number of nitrogens with one attached hydrogen (secondary N) is 11. The Kier molecular flexibility index (Phi) is 58.2. The lowest BCUT2D eigenvalue weighted by atomic mass is 9.89. The maximum atomic E-state index is 14.6. The number of nitrogens with two attached hydrogens (primary N) is 2. The number of carboxylic acid groups (broad SMARTS) is 5. The quantitative estimate of drug-likeness (QED) is 0.0143. The van der Waals surface area contributed by atoms with Crippen molar-refractivity contribution in [3.05, 3.63) is 35.4 Å². The molecule has 1 unspecified atom stereocenters. The molecule has 2 aliphatic rings. The van der Waals surface area contributed by atoms with Crippen LogP contribution in [0.3, 0.4) is 0 Å². The van der Waals surface area contributed by atoms with E-state index in [1.165, 1.54) is 73.6 Å². The number of carbonyl (C=O) groups is 23. The zero-order valence-corrected chi connectivity index (χ0v) is 82.7. The Hall–Kier alpha value is -12.0. The molecule has 2 aliphatic heterocycles. The number of nitrogens with zero attached hydrogens (tertiary/aromatic N) is 2. The van der Waals surface area contributed by atoms with Gasteiger partial charge in [-0.3, -0.25) is 126 Å². The van der Waals surface area contributed by atoms with E-state index < -0.39 is 317 Å². The molecule has 20 N–H and O–H groups in total. The summed E-state index contributed by atoms with van der Waals surface area (Å²) in [5, 5.41) is 86.3. The summed E-state index contributed by atoms with van der Waals surface area (Å²) in [6.45, 7) is 8.13. The molecule has 141 heavy (non-hydrogen) atoms. The highest BCUT2D eigenvalue weighted by atomic mass is 32.2. The van der Waals surface area contributed by atoms with Crippen LogP contribution in [0.15, 0.2) is 24.3 Å². The summed E-state index contributed by atoms with van der Waals surface area (Å²) in [4.78, 5) is 310. The monoisotopic (exact) mass is 2030 g/mol. The van der Waals surface area contributed by atoms with Crippen molar-refractivity contribution >= 4 is 171 Å². The molecule has 2 fully saturated rings. The lowest BCUT2D eigenvalue weighted by Crippen LogP contribution is -2.52. The molecule has 10 amide bonds. The molecule has 0 saturated carbocycles. The van der Waals surface area contributed by atoms with E-state index in [9.17, 15) is 136 Å². The summed E-state index contributed by atoms with van der Waals surface area (Å²) < 4.78 is 16.1. The predicted molar refractivity (Wildman–Crippen MR) is 511 cm³/mol. The molecule has 2 saturated heterocycles. The molecule has 48 heteroatoms. The number of hydrogen-bond acceptors (Lipinski definition) is 30. The van der Waals surface area contributed by atoms with E-state index in [4.69, 9.17) is 36.5 Å². The van der Waals surface area contributed by atoms with Gasteiger partial charge in [0.05, 0.1) is 61.8 Å². The number of imide groups is 1. The molecule has 0 radical (unpaired) electrons. The van der Waals surface area contributed by atoms with Crippen LogP contribution in [0.4, 0.5) is 0 Å². The molecule has 1 aromatic rings. The number of ether oxygens (including phenoxy) is 3. The normalized spacial score (nSPS) is 15.7. The van der Waals surface area contributed by atoms with Crippen LogP contribution in [0.2, 0.25) is 0 Å². The van der Waals surface area contributed by atoms with Crippen molar-refractivity contribution in [1.82, 2.24) is 57.7 Å². The standard InChI is InChI=1S/C93H141N15O31S2/c1-53(2)42-67(72(113)25-26-77(117)102-69(52-140-7)73(114)43-54(3)85(130)100-50-64(111)46-59(13-9-34-99-93(96)97)86(131)101-55(4)12-8-33-98-92(94)95)106-90(135)70-14-10-35-107(70)79(119)51-139-37-11-15-71(112)68(44-57-16-18-58(19-17-57)56(5)109)105-89(134)62(22-29-82(124)125)48-75(116)66(24-31-84(128)129)104-88(133)61(21-28-81(122)123)47-74(115)65(23-30-83(126)127)103-87(132)60(20-27-80(120)121)45-63(110)32-36-108-78(118)49-76(91(108)136)141-41-40-138-39-38-137-6/h16-19,53-55,59-62,65-70,76H,8-15,20-52H2,1-7H3,(H,100,130)(H,101,131)(H,102,117)(H,103,132)(H,104,133)(H,105,134)(H,106,135)(H,120,121)(H,122,123)(H,124,125)(H,126,127)(H,128,129)(H4,94,95,98)(H4,96,97,99)/t54-,55+,59+,60+,61+,62+,65-,66-,67+,68+,69+,70+,76?/m1/s1. The minimum Gasteiger partial charge on any atom is -0.481 e. The number of benzene rings is 1. The van der Waals surface area contributed by atoms with Crippen LogP contribution in [-0.2, 0) is 126 Å². The van der Waals surface area contributed by atoms with Gasteiger partial charge in [-0.2, -0.15) is 11.8 Å². The van der Waals surface area contributed by atoms with Gasteiger partial charge in [0.25, 0.3) is 0 Å². The van der Waals surface area contributed by atoms with Crippen molar-refractivity contribution in [3.63, 3.8) is 0 Å². The lowest BCUT2D eigenvalue weighted by Gasteiger charge is -2.27. The largest absolute Gasteiger partial charge is 0.481 e. The van der Waals surface area contributed by atoms with Gasteiger partial charge in [-0.05, 0) is 121 Å². The van der Waals surface area contributed by atoms with Gasteiger partial charge in [0.2, 0.25) is 59.1 Å². The summed E-state index contributed by atoms with van der Waals surface area (Å²) in [5.41, 5.74) is 11.4. The second kappa shape index (κ2) is 66.6. The number of Topliss-reactive ketones (excluding diaryl/α,β-unsaturated/α-hetero) is 8. The Morgan fingerprint density at radius 1 is 0.504 bits per heavy atom. The molecule has 0 aromatic heterocycles. The molecule has 0 bridgehead atoms. The summed E-state index contributed by atoms with van der Waals surface area (Å²) in [6, 6.07) is -2.86. The number of rotatable bonds is 78. The van der Waals surface area contributed by atoms with Gasteiger partial charge in [-0.15, -0.1) is 11.8 Å². The number of methoxy groups -OCH3 is 1. The molecule has 3 rings (SSSR count). The third-order valence-electron chi connectivity index (χ3n) is 23.3. The first-order chi connectivity index (χ1) is 66.6. The molecule has 0 aliphatic carbocycles. The number of amides is 10. The second-order valence-electron chi connectivity index (χ2n) is 35.5. The highest BCUT2D eigenvalue weighted by Gasteiger charge is 2.42. The van der Waals surface area contributed by atoms with Gasteiger partial charge in [-0.25, -0.2) is 0 Å². The molecule has 0 spiro atoms. The van der Waals surface area contributed by atoms with Gasteiger partial charge < -0.3 is 104 Å². The van der Waals surface area contributed by atoms with E-state index in [1.807, 2.05) is 0 Å². The van der Waals surface area contributed by atoms with Gasteiger partial charge in [0, 0.05) is 189 Å². The van der Waals surface area contributed by atoms with E-state index in [-0.39, 0.29) is 131 Å². The minimum atomic E-state index is -1.88. The predicted octanol–water partition coefficient (Wildman–Crippen LogP) is 1.25. The second-order valence-corrected chi connectivity index (χ2v) is 37.7. The van der Waals surface area contributed by atoms with Crippen molar-refractivity contribution in [3.8, 4) is 0 Å². The number of hydrogen-bond donors (Lipinski definition) is 18. The fourth-order valence-corrected chi connectivity index (χ4v) is 17.2. The van der Waals surface area contributed by atoms with Gasteiger partial charge in [-0.1, -0.05) is 45.0 Å². The van der Waals surface area contributed by atoms with Crippen LogP contribution in [0.1, 0.15) is 230 Å². The molecular weight excluding hydrogens is 1890 g/mol. The topological polar surface area (TPSA) is 736 Å². The molecular formula is C93H141N15O31S2. The van der Waals surface area contributed by atoms with Gasteiger partial charge in [0.15, 0.2) is 52.4 Å². The number of carboxylic acids is 5. The van der Waals surface area contributed by atoms with E-state index in [0.717, 1.165) is 4.90 Å². The average Bonchev–Trinajstić information content (AvgIpc) is 1.66. The summed E-state index contributed by atoms with van der Waals surface area (Å²) in [7, 11) is 1.49. The molecule has 46 nitrogen and oxygen atoms in total. The van der Waals surface area contributed by atoms with Crippen LogP contribution in [0.25, 0.3) is 0 Å². The first kappa shape index (κ1) is 123. The number of ketones is 8. The van der Waals surface area contributed by atoms with Crippen molar-refractivity contribution in [2.45, 2.75) is 268 Å². The van der Waals surface area contributed by atoms with Crippen LogP contribution < -0.4 is 59.3 Å². The smallest absolute Gasteiger partial charge is 0.303 e. The van der Waals surface area contributed by atoms with E-state index >= 15 is 0 Å². The fraction of sp³-hybridized carbons (Fsp3) is 0.667. The zero-order valence-electron chi connectivity index (χ0n) is 81.1. The number of guanidine groups is 2. The SMILES string of the molecule is COCCOCCSC1CC(=O)N(CCC(=O)C[C@H](CCC(=O)O)C(=O)N[C@H](CCC(=O)O)C(=O)C[C@H](CCC(=O)O)C(=O)N[C@H](CCC(=O)O)C(=O)C[C@H](CCC(=O)O)C(=O)N[C@@H](Cc2ccc(C(C)=O)cc2)C(=O)CCCOCC(=O)N2CCC[C@H]2C(=O)N[C@@H](CC(C)C)C(=O)CCC(=O)N[C@@H](CSC)C(=O)C[C@@H](C)C(=O)NCC(=O)C[C@H](CCCNC(=N)N)C(=O)N[C@@H](C)CCCNC(=N)N)C1=O. The molecule has 13 atom stereocenters. The van der Waals surface area contributed by atoms with Crippen LogP contribution in [0, 0.1) is 46.3 Å². The maximum Gasteiger partial charge on any atom is 0.303 e. The van der Waals surface area contributed by atoms with Gasteiger partial charge >= 0.3 is 29.8 Å². The molecule has 1 aromatic carbocycles. The van der Waals surface area contributed by atoms with Crippen molar-refractivity contribution < 1.29 is 150 Å². The Morgan fingerprint density at radius 2 is 1.01 bits per heavy atom. The Balaban J connectivity index is 1.75. The van der Waals surface area contributed by atoms with Crippen LogP contribution in [0.5, 0.6) is 0 Å². The number of thioether (sulfide) groups is 2. The third-order valence-corrected chi connectivity index (χ3v) is 25.1. The number of aliphatic carboxylic acids is 5. The van der Waals surface area contributed by atoms with E-state index in [1.54, 1.807) is 27.0 Å². The number of carbonyl (C=O) groups excluding carboxylic acids is 18. The number of likely N-dealkylation sites (tertiary alicyclic amines) is 2. The lowest BCUT2D eigenvalue weighted by molar-refractivity contribution is -0.142. The minimum absolute atomic E-state index is 0.0926. The third kappa shape index (κ3) is 50.3. The molecule has 2 heterocycles. The summed E-state index contributed by atoms with van der Waals surface area (Å²) in [6.07, 6.45) is -8.51. The summed E-state index contributed by atoms with van der Waals surface area (Å²) in [5.74, 6) is -27.3. The highest BCUT2D eigenvalue weighted by molar-refractivity contribution is 8.00. The Morgan fingerprint density at radius 3 is 1.53 bits per heavy atom. The van der Waals surface area contributed by atoms with Crippen molar-refractivity contribution in [2.75, 3.05) is 90.6 Å². The Bertz CT molecular complexity index is 4500. The maximum absolute atomic E-state index is 14.6. The van der Waals surface area contributed by atoms with Crippen molar-refractivity contribution in [2.24, 2.45) is 47.0 Å². The highest BCUT2D eigenvalue weighted by Crippen LogP contribution is 2.28. The van der Waals surface area contributed by atoms with Gasteiger partial charge in [0.1, 0.15) is 18.4 Å². The van der Waals surface area contributed by atoms with Crippen LogP contribution >= 0.6 is 23.5 Å². The summed E-state index contributed by atoms with van der Waals surface area (Å²) >= 11 is 2.40.